The molecule has 0 bridgehead atoms. The average Bonchev–Trinajstić information content (AvgIpc) is 2.47. The normalized spacial score (nSPS) is 25.9. The van der Waals surface area contributed by atoms with Gasteiger partial charge in [0.25, 0.3) is 0 Å². The summed E-state index contributed by atoms with van der Waals surface area (Å²) >= 11 is 0. The number of carbonyl (C=O) groups is 2. The Morgan fingerprint density at radius 3 is 2.50 bits per heavy atom. The molecule has 0 aromatic heterocycles. The minimum absolute atomic E-state index is 0.0214. The first-order chi connectivity index (χ1) is 6.58. The molecule has 1 aliphatic rings. The van der Waals surface area contributed by atoms with Crippen molar-refractivity contribution < 1.29 is 19.1 Å². The van der Waals surface area contributed by atoms with E-state index in [1.165, 1.54) is 13.8 Å². The molecule has 14 heavy (non-hydrogen) atoms. The molecule has 0 aliphatic heterocycles. The van der Waals surface area contributed by atoms with E-state index in [1.807, 2.05) is 0 Å². The number of rotatable bonds is 3. The van der Waals surface area contributed by atoms with Gasteiger partial charge in [0.1, 0.15) is 6.10 Å². The smallest absolute Gasteiger partial charge is 0.302 e. The number of hydrogen-bond donors (Lipinski definition) is 0. The Balaban J connectivity index is 2.20. The molecule has 0 N–H and O–H groups in total. The van der Waals surface area contributed by atoms with Crippen LogP contribution in [0.15, 0.2) is 0 Å². The van der Waals surface area contributed by atoms with Crippen LogP contribution in [-0.4, -0.2) is 24.6 Å². The number of esters is 2. The molecule has 4 nitrogen and oxygen atoms in total. The maximum atomic E-state index is 10.7. The zero-order chi connectivity index (χ0) is 10.6. The van der Waals surface area contributed by atoms with Gasteiger partial charge in [0.2, 0.25) is 0 Å². The summed E-state index contributed by atoms with van der Waals surface area (Å²) in [6.45, 7) is 3.27. The van der Waals surface area contributed by atoms with Crippen LogP contribution in [0.2, 0.25) is 0 Å². The molecule has 1 aliphatic carbocycles. The second kappa shape index (κ2) is 4.98. The van der Waals surface area contributed by atoms with Gasteiger partial charge in [-0.15, -0.1) is 0 Å². The van der Waals surface area contributed by atoms with Gasteiger partial charge in [-0.05, 0) is 25.2 Å². The van der Waals surface area contributed by atoms with Crippen LogP contribution < -0.4 is 0 Å². The average molecular weight is 200 g/mol. The Labute approximate surface area is 83.6 Å². The van der Waals surface area contributed by atoms with Gasteiger partial charge >= 0.3 is 11.9 Å². The van der Waals surface area contributed by atoms with Crippen molar-refractivity contribution in [1.82, 2.24) is 0 Å². The third kappa shape index (κ3) is 3.77. The van der Waals surface area contributed by atoms with Crippen LogP contribution in [0.5, 0.6) is 0 Å². The summed E-state index contributed by atoms with van der Waals surface area (Å²) < 4.78 is 9.97. The van der Waals surface area contributed by atoms with Crippen LogP contribution in [0.4, 0.5) is 0 Å². The molecule has 0 amide bonds. The molecular formula is C10H16O4. The Morgan fingerprint density at radius 1 is 1.21 bits per heavy atom. The van der Waals surface area contributed by atoms with E-state index in [0.29, 0.717) is 12.5 Å². The summed E-state index contributed by atoms with van der Waals surface area (Å²) in [7, 11) is 0. The number of ether oxygens (including phenoxy) is 2. The SMILES string of the molecule is CC(=O)OC[C@H]1CC[C@@H](OC(C)=O)C1. The molecule has 4 heteroatoms. The van der Waals surface area contributed by atoms with E-state index >= 15 is 0 Å². The minimum Gasteiger partial charge on any atom is -0.466 e. The predicted molar refractivity (Wildman–Crippen MR) is 49.5 cm³/mol. The van der Waals surface area contributed by atoms with Crippen molar-refractivity contribution in [3.8, 4) is 0 Å². The molecule has 1 rings (SSSR count). The summed E-state index contributed by atoms with van der Waals surface area (Å²) in [5.74, 6) is -0.132. The van der Waals surface area contributed by atoms with Crippen LogP contribution in [0, 0.1) is 5.92 Å². The molecule has 1 saturated carbocycles. The van der Waals surface area contributed by atoms with Crippen molar-refractivity contribution in [1.29, 1.82) is 0 Å². The molecule has 2 atom stereocenters. The van der Waals surface area contributed by atoms with Gasteiger partial charge in [0.05, 0.1) is 6.61 Å². The van der Waals surface area contributed by atoms with E-state index in [9.17, 15) is 9.59 Å². The lowest BCUT2D eigenvalue weighted by molar-refractivity contribution is -0.147. The van der Waals surface area contributed by atoms with Gasteiger partial charge in [-0.2, -0.15) is 0 Å². The highest BCUT2D eigenvalue weighted by atomic mass is 16.5. The molecule has 0 unspecified atom stereocenters. The first-order valence-corrected chi connectivity index (χ1v) is 4.88. The quantitative estimate of drug-likeness (QED) is 0.644. The monoisotopic (exact) mass is 200 g/mol. The second-order valence-corrected chi connectivity index (χ2v) is 3.71. The van der Waals surface area contributed by atoms with Gasteiger partial charge in [0, 0.05) is 13.8 Å². The van der Waals surface area contributed by atoms with Crippen molar-refractivity contribution in [2.75, 3.05) is 6.61 Å². The van der Waals surface area contributed by atoms with Crippen molar-refractivity contribution in [2.45, 2.75) is 39.2 Å². The molecular weight excluding hydrogens is 184 g/mol. The Bertz CT molecular complexity index is 224. The van der Waals surface area contributed by atoms with Crippen LogP contribution >= 0.6 is 0 Å². The second-order valence-electron chi connectivity index (χ2n) is 3.71. The Morgan fingerprint density at radius 2 is 1.93 bits per heavy atom. The molecule has 0 heterocycles. The van der Waals surface area contributed by atoms with Gasteiger partial charge in [-0.25, -0.2) is 0 Å². The van der Waals surface area contributed by atoms with Gasteiger partial charge in [-0.3, -0.25) is 9.59 Å². The highest BCUT2D eigenvalue weighted by molar-refractivity contribution is 5.66. The number of carbonyl (C=O) groups excluding carboxylic acids is 2. The minimum atomic E-state index is -0.249. The fourth-order valence-corrected chi connectivity index (χ4v) is 1.76. The molecule has 0 aromatic carbocycles. The fraction of sp³-hybridized carbons (Fsp3) is 0.800. The van der Waals surface area contributed by atoms with Crippen LogP contribution in [0.1, 0.15) is 33.1 Å². The first-order valence-electron chi connectivity index (χ1n) is 4.88. The highest BCUT2D eigenvalue weighted by Gasteiger charge is 2.27. The topological polar surface area (TPSA) is 52.6 Å². The van der Waals surface area contributed by atoms with Crippen molar-refractivity contribution in [3.63, 3.8) is 0 Å². The Hall–Kier alpha value is -1.06. The third-order valence-corrected chi connectivity index (χ3v) is 2.35. The van der Waals surface area contributed by atoms with E-state index in [1.54, 1.807) is 0 Å². The highest BCUT2D eigenvalue weighted by Crippen LogP contribution is 2.28. The summed E-state index contributed by atoms with van der Waals surface area (Å²) in [5.41, 5.74) is 0. The largest absolute Gasteiger partial charge is 0.466 e. The Kier molecular flexibility index (Phi) is 3.92. The zero-order valence-electron chi connectivity index (χ0n) is 8.62. The molecule has 0 saturated heterocycles. The van der Waals surface area contributed by atoms with Gasteiger partial charge in [0.15, 0.2) is 0 Å². The lowest BCUT2D eigenvalue weighted by Crippen LogP contribution is -2.14. The first kappa shape index (κ1) is 11.0. The zero-order valence-corrected chi connectivity index (χ0v) is 8.62. The molecule has 0 aromatic rings. The third-order valence-electron chi connectivity index (χ3n) is 2.35. The summed E-state index contributed by atoms with van der Waals surface area (Å²) in [6.07, 6.45) is 2.68. The van der Waals surface area contributed by atoms with E-state index in [4.69, 9.17) is 9.47 Å². The van der Waals surface area contributed by atoms with Crippen molar-refractivity contribution in [2.24, 2.45) is 5.92 Å². The summed E-state index contributed by atoms with van der Waals surface area (Å²) in [4.78, 5) is 21.2. The van der Waals surface area contributed by atoms with E-state index in [-0.39, 0.29) is 18.0 Å². The van der Waals surface area contributed by atoms with E-state index in [0.717, 1.165) is 19.3 Å². The van der Waals surface area contributed by atoms with Crippen LogP contribution in [0.25, 0.3) is 0 Å². The summed E-state index contributed by atoms with van der Waals surface area (Å²) in [6, 6.07) is 0. The van der Waals surface area contributed by atoms with Crippen molar-refractivity contribution in [3.05, 3.63) is 0 Å². The van der Waals surface area contributed by atoms with Gasteiger partial charge < -0.3 is 9.47 Å². The van der Waals surface area contributed by atoms with E-state index in [2.05, 4.69) is 0 Å². The van der Waals surface area contributed by atoms with Crippen LogP contribution in [-0.2, 0) is 19.1 Å². The number of hydrogen-bond acceptors (Lipinski definition) is 4. The van der Waals surface area contributed by atoms with Crippen molar-refractivity contribution >= 4 is 11.9 Å². The fourth-order valence-electron chi connectivity index (χ4n) is 1.76. The molecule has 80 valence electrons. The standard InChI is InChI=1S/C10H16O4/c1-7(11)13-6-9-3-4-10(5-9)14-8(2)12/h9-10H,3-6H2,1-2H3/t9-,10+/m0/s1. The molecule has 0 radical (unpaired) electrons. The summed E-state index contributed by atoms with van der Waals surface area (Å²) in [5, 5.41) is 0. The molecule has 1 fully saturated rings. The predicted octanol–water partition coefficient (Wildman–Crippen LogP) is 1.28. The maximum Gasteiger partial charge on any atom is 0.302 e. The van der Waals surface area contributed by atoms with Gasteiger partial charge in [-0.1, -0.05) is 0 Å². The lowest BCUT2D eigenvalue weighted by Gasteiger charge is -2.11. The van der Waals surface area contributed by atoms with E-state index < -0.39 is 0 Å². The van der Waals surface area contributed by atoms with Crippen LogP contribution in [0.3, 0.4) is 0 Å². The lowest BCUT2D eigenvalue weighted by atomic mass is 10.1. The molecule has 0 spiro atoms. The maximum absolute atomic E-state index is 10.7.